The molecule has 3 rings (SSSR count). The van der Waals surface area contributed by atoms with Crippen LogP contribution in [-0.2, 0) is 11.3 Å². The Kier molecular flexibility index (Phi) is 7.33. The van der Waals surface area contributed by atoms with Crippen LogP contribution in [0.15, 0.2) is 83.8 Å². The number of hydrogen-bond donors (Lipinski definition) is 2. The van der Waals surface area contributed by atoms with Crippen LogP contribution in [0.1, 0.15) is 22.8 Å². The van der Waals surface area contributed by atoms with Gasteiger partial charge in [-0.05, 0) is 48.9 Å². The third kappa shape index (κ3) is 6.11. The summed E-state index contributed by atoms with van der Waals surface area (Å²) in [6.45, 7) is 2.25. The maximum Gasteiger partial charge on any atom is 0.253 e. The first-order valence-corrected chi connectivity index (χ1v) is 10.4. The molecule has 6 heteroatoms. The van der Waals surface area contributed by atoms with Crippen LogP contribution in [0.3, 0.4) is 0 Å². The second kappa shape index (κ2) is 10.1. The van der Waals surface area contributed by atoms with E-state index in [0.717, 1.165) is 10.5 Å². The van der Waals surface area contributed by atoms with Gasteiger partial charge in [0.1, 0.15) is 0 Å². The molecule has 0 aliphatic rings. The van der Waals surface area contributed by atoms with Gasteiger partial charge in [-0.15, -0.1) is 11.8 Å². The number of carbonyl (C=O) groups is 2. The van der Waals surface area contributed by atoms with E-state index in [2.05, 4.69) is 10.6 Å². The SMILES string of the molecule is C[C@@H](Sc1ccc(Cl)cc1)C(=O)Nc1ccccc1C(=O)NCc1ccccc1. The molecule has 0 saturated carbocycles. The second-order valence-corrected chi connectivity index (χ2v) is 8.27. The largest absolute Gasteiger partial charge is 0.348 e. The fourth-order valence-corrected chi connectivity index (χ4v) is 3.66. The van der Waals surface area contributed by atoms with Crippen LogP contribution in [-0.4, -0.2) is 17.1 Å². The van der Waals surface area contributed by atoms with Gasteiger partial charge in [-0.25, -0.2) is 0 Å². The Morgan fingerprint density at radius 2 is 1.59 bits per heavy atom. The number of nitrogens with one attached hydrogen (secondary N) is 2. The lowest BCUT2D eigenvalue weighted by atomic mass is 10.1. The molecule has 0 aromatic heterocycles. The summed E-state index contributed by atoms with van der Waals surface area (Å²) in [5.41, 5.74) is 1.93. The number of anilines is 1. The van der Waals surface area contributed by atoms with Crippen molar-refractivity contribution in [3.8, 4) is 0 Å². The van der Waals surface area contributed by atoms with Gasteiger partial charge in [-0.3, -0.25) is 9.59 Å². The van der Waals surface area contributed by atoms with Crippen LogP contribution in [0, 0.1) is 0 Å². The molecule has 29 heavy (non-hydrogen) atoms. The molecule has 0 aliphatic heterocycles. The second-order valence-electron chi connectivity index (χ2n) is 6.42. The zero-order chi connectivity index (χ0) is 20.6. The van der Waals surface area contributed by atoms with E-state index in [-0.39, 0.29) is 17.1 Å². The normalized spacial score (nSPS) is 11.5. The highest BCUT2D eigenvalue weighted by atomic mass is 35.5. The summed E-state index contributed by atoms with van der Waals surface area (Å²) in [5, 5.41) is 6.09. The minimum absolute atomic E-state index is 0.173. The van der Waals surface area contributed by atoms with Gasteiger partial charge in [0, 0.05) is 16.5 Å². The van der Waals surface area contributed by atoms with Crippen LogP contribution in [0.5, 0.6) is 0 Å². The van der Waals surface area contributed by atoms with Crippen molar-refractivity contribution >= 4 is 40.9 Å². The topological polar surface area (TPSA) is 58.2 Å². The van der Waals surface area contributed by atoms with Crippen LogP contribution in [0.4, 0.5) is 5.69 Å². The number of rotatable bonds is 7. The van der Waals surface area contributed by atoms with E-state index in [1.807, 2.05) is 49.4 Å². The first-order valence-electron chi connectivity index (χ1n) is 9.17. The lowest BCUT2D eigenvalue weighted by Gasteiger charge is -2.15. The highest BCUT2D eigenvalue weighted by molar-refractivity contribution is 8.00. The highest BCUT2D eigenvalue weighted by Crippen LogP contribution is 2.26. The van der Waals surface area contributed by atoms with Crippen molar-refractivity contribution < 1.29 is 9.59 Å². The van der Waals surface area contributed by atoms with Gasteiger partial charge in [-0.1, -0.05) is 54.1 Å². The molecule has 0 saturated heterocycles. The zero-order valence-electron chi connectivity index (χ0n) is 15.9. The van der Waals surface area contributed by atoms with Gasteiger partial charge in [0.2, 0.25) is 5.91 Å². The Balaban J connectivity index is 1.63. The first-order chi connectivity index (χ1) is 14.0. The molecule has 0 radical (unpaired) electrons. The summed E-state index contributed by atoms with van der Waals surface area (Å²) in [6.07, 6.45) is 0. The minimum atomic E-state index is -0.336. The monoisotopic (exact) mass is 424 g/mol. The van der Waals surface area contributed by atoms with Gasteiger partial charge >= 0.3 is 0 Å². The number of hydrogen-bond acceptors (Lipinski definition) is 3. The Morgan fingerprint density at radius 1 is 0.931 bits per heavy atom. The third-order valence-corrected chi connectivity index (χ3v) is 5.59. The van der Waals surface area contributed by atoms with Crippen LogP contribution in [0.2, 0.25) is 5.02 Å². The van der Waals surface area contributed by atoms with Crippen molar-refractivity contribution in [3.05, 3.63) is 95.0 Å². The molecule has 0 spiro atoms. The summed E-state index contributed by atoms with van der Waals surface area (Å²) in [4.78, 5) is 26.2. The van der Waals surface area contributed by atoms with E-state index in [4.69, 9.17) is 11.6 Å². The summed E-state index contributed by atoms with van der Waals surface area (Å²) >= 11 is 7.33. The van der Waals surface area contributed by atoms with Crippen molar-refractivity contribution in [1.82, 2.24) is 5.32 Å². The molecule has 2 N–H and O–H groups in total. The standard InChI is InChI=1S/C23H21ClN2O2S/c1-16(29-19-13-11-18(24)12-14-19)22(27)26-21-10-6-5-9-20(21)23(28)25-15-17-7-3-2-4-8-17/h2-14,16H,15H2,1H3,(H,25,28)(H,26,27)/t16-/m1/s1. The number of amides is 2. The molecular formula is C23H21ClN2O2S. The molecule has 148 valence electrons. The van der Waals surface area contributed by atoms with E-state index >= 15 is 0 Å². The molecule has 0 fully saturated rings. The molecule has 2 amide bonds. The third-order valence-electron chi connectivity index (χ3n) is 4.22. The summed E-state index contributed by atoms with van der Waals surface area (Å²) in [7, 11) is 0. The van der Waals surface area contributed by atoms with E-state index in [9.17, 15) is 9.59 Å². The quantitative estimate of drug-likeness (QED) is 0.500. The maximum atomic E-state index is 12.6. The number of carbonyl (C=O) groups excluding carboxylic acids is 2. The smallest absolute Gasteiger partial charge is 0.253 e. The van der Waals surface area contributed by atoms with Crippen LogP contribution >= 0.6 is 23.4 Å². The van der Waals surface area contributed by atoms with Crippen molar-refractivity contribution in [2.45, 2.75) is 23.6 Å². The Morgan fingerprint density at radius 3 is 2.31 bits per heavy atom. The molecule has 0 heterocycles. The number of para-hydroxylation sites is 1. The molecule has 4 nitrogen and oxygen atoms in total. The zero-order valence-corrected chi connectivity index (χ0v) is 17.5. The van der Waals surface area contributed by atoms with E-state index < -0.39 is 0 Å². The first kappa shape index (κ1) is 21.0. The molecular weight excluding hydrogens is 404 g/mol. The van der Waals surface area contributed by atoms with Gasteiger partial charge in [0.25, 0.3) is 5.91 Å². The van der Waals surface area contributed by atoms with Gasteiger partial charge in [0.05, 0.1) is 16.5 Å². The molecule has 1 atom stereocenters. The Hall–Kier alpha value is -2.76. The summed E-state index contributed by atoms with van der Waals surface area (Å²) in [5.74, 6) is -0.406. The number of benzene rings is 3. The summed E-state index contributed by atoms with van der Waals surface area (Å²) in [6, 6.07) is 24.0. The fourth-order valence-electron chi connectivity index (χ4n) is 2.67. The van der Waals surface area contributed by atoms with Crippen molar-refractivity contribution in [1.29, 1.82) is 0 Å². The Labute approximate surface area is 179 Å². The van der Waals surface area contributed by atoms with Gasteiger partial charge in [0.15, 0.2) is 0 Å². The molecule has 0 aliphatic carbocycles. The van der Waals surface area contributed by atoms with Crippen LogP contribution < -0.4 is 10.6 Å². The van der Waals surface area contributed by atoms with Gasteiger partial charge in [-0.2, -0.15) is 0 Å². The van der Waals surface area contributed by atoms with Crippen molar-refractivity contribution in [2.75, 3.05) is 5.32 Å². The van der Waals surface area contributed by atoms with Crippen molar-refractivity contribution in [2.24, 2.45) is 0 Å². The molecule has 0 unspecified atom stereocenters. The highest BCUT2D eigenvalue weighted by Gasteiger charge is 2.18. The molecule has 3 aromatic carbocycles. The van der Waals surface area contributed by atoms with Crippen LogP contribution in [0.25, 0.3) is 0 Å². The molecule has 3 aromatic rings. The van der Waals surface area contributed by atoms with E-state index in [1.165, 1.54) is 11.8 Å². The number of thioether (sulfide) groups is 1. The average Bonchev–Trinajstić information content (AvgIpc) is 2.74. The lowest BCUT2D eigenvalue weighted by molar-refractivity contribution is -0.115. The van der Waals surface area contributed by atoms with E-state index in [1.54, 1.807) is 36.4 Å². The predicted octanol–water partition coefficient (Wildman–Crippen LogP) is 5.39. The van der Waals surface area contributed by atoms with Crippen molar-refractivity contribution in [3.63, 3.8) is 0 Å². The molecule has 0 bridgehead atoms. The number of halogens is 1. The predicted molar refractivity (Wildman–Crippen MR) is 119 cm³/mol. The fraction of sp³-hybridized carbons (Fsp3) is 0.130. The average molecular weight is 425 g/mol. The van der Waals surface area contributed by atoms with E-state index in [0.29, 0.717) is 22.8 Å². The Bertz CT molecular complexity index is 978. The lowest BCUT2D eigenvalue weighted by Crippen LogP contribution is -2.27. The maximum absolute atomic E-state index is 12.6. The van der Waals surface area contributed by atoms with Gasteiger partial charge < -0.3 is 10.6 Å². The summed E-state index contributed by atoms with van der Waals surface area (Å²) < 4.78 is 0. The minimum Gasteiger partial charge on any atom is -0.348 e.